The number of anilines is 1. The summed E-state index contributed by atoms with van der Waals surface area (Å²) in [4.78, 5) is 5.88. The first-order valence-corrected chi connectivity index (χ1v) is 10.9. The maximum Gasteiger partial charge on any atom is 0.204 e. The number of nitrogens with zero attached hydrogens (tertiary/aromatic N) is 3. The molecule has 0 radical (unpaired) electrons. The Morgan fingerprint density at radius 3 is 2.88 bits per heavy atom. The van der Waals surface area contributed by atoms with Crippen LogP contribution in [0.1, 0.15) is 35.4 Å². The van der Waals surface area contributed by atoms with Crippen molar-refractivity contribution in [2.75, 3.05) is 18.8 Å². The van der Waals surface area contributed by atoms with Gasteiger partial charge in [0, 0.05) is 25.3 Å². The Morgan fingerprint density at radius 1 is 1.34 bits per heavy atom. The summed E-state index contributed by atoms with van der Waals surface area (Å²) in [5.41, 5.74) is 10.9. The molecule has 2 heterocycles. The van der Waals surface area contributed by atoms with Crippen LogP contribution in [-0.2, 0) is 6.54 Å². The first-order chi connectivity index (χ1) is 15.3. The first kappa shape index (κ1) is 20.7. The van der Waals surface area contributed by atoms with E-state index in [4.69, 9.17) is 26.7 Å². The molecule has 2 N–H and O–H groups in total. The van der Waals surface area contributed by atoms with Gasteiger partial charge in [0.05, 0.1) is 16.4 Å². The largest absolute Gasteiger partial charge is 0.439 e. The number of alkyl halides is 2. The van der Waals surface area contributed by atoms with Crippen molar-refractivity contribution in [1.29, 1.82) is 5.26 Å². The van der Waals surface area contributed by atoms with E-state index in [1.54, 1.807) is 6.07 Å². The lowest BCUT2D eigenvalue weighted by Gasteiger charge is -2.34. The lowest BCUT2D eigenvalue weighted by molar-refractivity contribution is 0.0591. The summed E-state index contributed by atoms with van der Waals surface area (Å²) in [7, 11) is 0. The van der Waals surface area contributed by atoms with Crippen LogP contribution in [0.15, 0.2) is 59.0 Å². The number of nitrogen functional groups attached to an aromatic ring is 1. The van der Waals surface area contributed by atoms with Crippen LogP contribution in [0.2, 0.25) is 0 Å². The van der Waals surface area contributed by atoms with Crippen molar-refractivity contribution in [2.24, 2.45) is 0 Å². The average molecular weight is 449 g/mol. The lowest BCUT2D eigenvalue weighted by atomic mass is 9.79. The van der Waals surface area contributed by atoms with Crippen LogP contribution < -0.4 is 5.73 Å². The lowest BCUT2D eigenvalue weighted by Crippen LogP contribution is -2.47. The van der Waals surface area contributed by atoms with Gasteiger partial charge >= 0.3 is 0 Å². The quantitative estimate of drug-likeness (QED) is 0.440. The van der Waals surface area contributed by atoms with E-state index in [2.05, 4.69) is 6.07 Å². The number of nitriles is 1. The molecule has 5 rings (SSSR count). The van der Waals surface area contributed by atoms with Gasteiger partial charge in [-0.25, -0.2) is 9.37 Å². The number of nitrogens with two attached hydrogens (primary N) is 1. The second-order valence-corrected chi connectivity index (χ2v) is 9.38. The topological polar surface area (TPSA) is 79.1 Å². The fourth-order valence-corrected chi connectivity index (χ4v) is 4.82. The molecule has 1 aromatic heterocycles. The maximum absolute atomic E-state index is 13.2. The van der Waals surface area contributed by atoms with E-state index in [0.29, 0.717) is 47.9 Å². The minimum absolute atomic E-state index is 0.337. The van der Waals surface area contributed by atoms with Gasteiger partial charge in [-0.05, 0) is 47.9 Å². The molecular weight excluding hydrogens is 427 g/mol. The van der Waals surface area contributed by atoms with Crippen molar-refractivity contribution >= 4 is 34.0 Å². The summed E-state index contributed by atoms with van der Waals surface area (Å²) in [6.07, 6.45) is 5.11. The molecule has 1 fully saturated rings. The summed E-state index contributed by atoms with van der Waals surface area (Å²) in [6.45, 7) is 3.34. The van der Waals surface area contributed by atoms with Crippen molar-refractivity contribution in [1.82, 2.24) is 9.88 Å². The zero-order valence-corrected chi connectivity index (χ0v) is 18.3. The van der Waals surface area contributed by atoms with Gasteiger partial charge in [-0.1, -0.05) is 30.4 Å². The number of benzene rings is 2. The molecule has 3 aromatic rings. The third-order valence-corrected chi connectivity index (χ3v) is 6.59. The monoisotopic (exact) mass is 448 g/mol. The van der Waals surface area contributed by atoms with Crippen molar-refractivity contribution < 1.29 is 8.81 Å². The molecule has 162 valence electrons. The predicted molar refractivity (Wildman–Crippen MR) is 124 cm³/mol. The standard InChI is InChI=1S/C25H22ClFN4O/c1-25(26)20(16-4-2-5-19(29)10-16)6-3-7-21(25)24-30-22-9-15(12-31-13-18(27)14-31)8-17(11-28)23(22)32-24/h2-10,18,21H,12-14,29H2,1H3. The van der Waals surface area contributed by atoms with E-state index in [1.165, 1.54) is 0 Å². The van der Waals surface area contributed by atoms with E-state index < -0.39 is 11.0 Å². The molecule has 0 spiro atoms. The second kappa shape index (κ2) is 7.77. The number of likely N-dealkylation sites (tertiary alicyclic amines) is 1. The number of aromatic nitrogens is 1. The van der Waals surface area contributed by atoms with Crippen LogP contribution in [0.3, 0.4) is 0 Å². The second-order valence-electron chi connectivity index (χ2n) is 8.59. The van der Waals surface area contributed by atoms with Gasteiger partial charge in [0.1, 0.15) is 17.8 Å². The molecule has 0 bridgehead atoms. The van der Waals surface area contributed by atoms with E-state index in [9.17, 15) is 9.65 Å². The van der Waals surface area contributed by atoms with Crippen molar-refractivity contribution in [3.05, 3.63) is 77.2 Å². The van der Waals surface area contributed by atoms with E-state index in [1.807, 2.05) is 60.4 Å². The summed E-state index contributed by atoms with van der Waals surface area (Å²) in [6, 6.07) is 13.5. The molecule has 2 unspecified atom stereocenters. The highest BCUT2D eigenvalue weighted by Crippen LogP contribution is 2.47. The number of halogens is 2. The fraction of sp³-hybridized carbons (Fsp3) is 0.280. The molecule has 5 nitrogen and oxygen atoms in total. The third kappa shape index (κ3) is 3.58. The predicted octanol–water partition coefficient (Wildman–Crippen LogP) is 5.17. The molecule has 7 heteroatoms. The van der Waals surface area contributed by atoms with Gasteiger partial charge < -0.3 is 10.2 Å². The minimum atomic E-state index is -0.827. The summed E-state index contributed by atoms with van der Waals surface area (Å²) >= 11 is 7.10. The van der Waals surface area contributed by atoms with E-state index >= 15 is 0 Å². The van der Waals surface area contributed by atoms with E-state index in [-0.39, 0.29) is 5.92 Å². The highest BCUT2D eigenvalue weighted by atomic mass is 35.5. The molecule has 0 saturated carbocycles. The van der Waals surface area contributed by atoms with Crippen LogP contribution in [0.5, 0.6) is 0 Å². The number of fused-ring (bicyclic) bond motifs is 1. The maximum atomic E-state index is 13.2. The molecule has 2 aromatic carbocycles. The minimum Gasteiger partial charge on any atom is -0.439 e. The Morgan fingerprint density at radius 2 is 2.16 bits per heavy atom. The van der Waals surface area contributed by atoms with E-state index in [0.717, 1.165) is 16.7 Å². The average Bonchev–Trinajstić information content (AvgIpc) is 3.15. The zero-order valence-electron chi connectivity index (χ0n) is 17.6. The summed E-state index contributed by atoms with van der Waals surface area (Å²) in [5, 5.41) is 9.67. The number of hydrogen-bond donors (Lipinski definition) is 1. The Hall–Kier alpha value is -3.14. The fourth-order valence-electron chi connectivity index (χ4n) is 4.48. The molecule has 0 amide bonds. The first-order valence-electron chi connectivity index (χ1n) is 10.5. The number of oxazole rings is 1. The molecule has 2 aliphatic rings. The molecular formula is C25H22ClFN4O. The highest BCUT2D eigenvalue weighted by Gasteiger charge is 2.40. The highest BCUT2D eigenvalue weighted by molar-refractivity contribution is 6.31. The van der Waals surface area contributed by atoms with Gasteiger partial charge in [-0.3, -0.25) is 4.90 Å². The normalized spacial score (nSPS) is 23.7. The third-order valence-electron chi connectivity index (χ3n) is 6.15. The Bertz CT molecular complexity index is 1300. The smallest absolute Gasteiger partial charge is 0.204 e. The van der Waals surface area contributed by atoms with Crippen molar-refractivity contribution in [3.8, 4) is 6.07 Å². The van der Waals surface area contributed by atoms with Crippen LogP contribution in [0, 0.1) is 11.3 Å². The molecule has 2 atom stereocenters. The Kier molecular flexibility index (Phi) is 5.04. The van der Waals surface area contributed by atoms with Gasteiger partial charge in [-0.2, -0.15) is 5.26 Å². The summed E-state index contributed by atoms with van der Waals surface area (Å²) in [5.74, 6) is 0.111. The zero-order chi connectivity index (χ0) is 22.5. The van der Waals surface area contributed by atoms with Crippen LogP contribution >= 0.6 is 11.6 Å². The number of rotatable bonds is 4. The Balaban J connectivity index is 1.51. The van der Waals surface area contributed by atoms with Gasteiger partial charge in [0.25, 0.3) is 0 Å². The number of hydrogen-bond acceptors (Lipinski definition) is 5. The van der Waals surface area contributed by atoms with Crippen LogP contribution in [0.4, 0.5) is 10.1 Å². The molecule has 1 saturated heterocycles. The molecule has 32 heavy (non-hydrogen) atoms. The van der Waals surface area contributed by atoms with Gasteiger partial charge in [0.2, 0.25) is 5.89 Å². The van der Waals surface area contributed by atoms with Crippen LogP contribution in [-0.4, -0.2) is 34.0 Å². The van der Waals surface area contributed by atoms with Crippen LogP contribution in [0.25, 0.3) is 16.7 Å². The van der Waals surface area contributed by atoms with Gasteiger partial charge in [0.15, 0.2) is 5.58 Å². The van der Waals surface area contributed by atoms with Crippen molar-refractivity contribution in [3.63, 3.8) is 0 Å². The number of allylic oxidation sites excluding steroid dienone is 4. The summed E-state index contributed by atoms with van der Waals surface area (Å²) < 4.78 is 19.3. The van der Waals surface area contributed by atoms with Crippen molar-refractivity contribution in [2.45, 2.75) is 30.4 Å². The molecule has 1 aliphatic heterocycles. The Labute approximate surface area is 190 Å². The SMILES string of the molecule is CC1(Cl)C(c2cccc(N)c2)=CC=CC1c1nc2cc(CN3CC(F)C3)cc(C#N)c2o1. The van der Waals surface area contributed by atoms with Gasteiger partial charge in [-0.15, -0.1) is 11.6 Å². The molecule has 1 aliphatic carbocycles.